The van der Waals surface area contributed by atoms with Gasteiger partial charge in [-0.2, -0.15) is 0 Å². The molecule has 154 valence electrons. The minimum Gasteiger partial charge on any atom is -0.493 e. The quantitative estimate of drug-likeness (QED) is 0.452. The lowest BCUT2D eigenvalue weighted by molar-refractivity contribution is -0.132. The van der Waals surface area contributed by atoms with E-state index in [1.54, 1.807) is 18.2 Å². The van der Waals surface area contributed by atoms with Gasteiger partial charge in [0, 0.05) is 12.5 Å². The van der Waals surface area contributed by atoms with Crippen molar-refractivity contribution in [3.8, 4) is 17.2 Å². The Morgan fingerprint density at radius 2 is 1.73 bits per heavy atom. The zero-order chi connectivity index (χ0) is 21.4. The number of hydroxylamine groups is 1. The van der Waals surface area contributed by atoms with E-state index in [-0.39, 0.29) is 5.57 Å². The lowest BCUT2D eigenvalue weighted by Crippen LogP contribution is -2.34. The molecule has 0 bridgehead atoms. The topological polar surface area (TPSA) is 103 Å². The van der Waals surface area contributed by atoms with Gasteiger partial charge >= 0.3 is 5.97 Å². The van der Waals surface area contributed by atoms with Crippen molar-refractivity contribution in [1.82, 2.24) is 5.48 Å². The number of esters is 1. The van der Waals surface area contributed by atoms with Crippen molar-refractivity contribution in [1.29, 1.82) is 0 Å². The van der Waals surface area contributed by atoms with Gasteiger partial charge in [-0.1, -0.05) is 0 Å². The monoisotopic (exact) mass is 410 g/mol. The smallest absolute Gasteiger partial charge is 0.308 e. The summed E-state index contributed by atoms with van der Waals surface area (Å²) in [5.41, 5.74) is 4.23. The molecule has 0 aromatic heterocycles. The lowest BCUT2D eigenvalue weighted by Gasteiger charge is -2.16. The third kappa shape index (κ3) is 3.15. The van der Waals surface area contributed by atoms with Gasteiger partial charge in [0.25, 0.3) is 11.8 Å². The van der Waals surface area contributed by atoms with Crippen molar-refractivity contribution in [2.45, 2.75) is 13.0 Å². The highest BCUT2D eigenvalue weighted by Crippen LogP contribution is 2.38. The van der Waals surface area contributed by atoms with Crippen LogP contribution in [0.1, 0.15) is 12.5 Å². The number of imide groups is 1. The van der Waals surface area contributed by atoms with E-state index in [2.05, 4.69) is 5.48 Å². The first-order valence-electron chi connectivity index (χ1n) is 8.99. The maximum absolute atomic E-state index is 13.1. The van der Waals surface area contributed by atoms with E-state index in [9.17, 15) is 14.4 Å². The minimum absolute atomic E-state index is 0.205. The fraction of sp³-hybridized carbons (Fsp3) is 0.190. The first-order chi connectivity index (χ1) is 14.4. The molecule has 1 N–H and O–H groups in total. The number of rotatable bonds is 5. The lowest BCUT2D eigenvalue weighted by atomic mass is 10.0. The Hall–Kier alpha value is -3.85. The van der Waals surface area contributed by atoms with Gasteiger partial charge in [-0.3, -0.25) is 24.7 Å². The van der Waals surface area contributed by atoms with Gasteiger partial charge in [0.1, 0.15) is 5.75 Å². The van der Waals surface area contributed by atoms with Crippen molar-refractivity contribution in [2.24, 2.45) is 0 Å². The number of fused-ring (bicyclic) bond motifs is 1. The third-order valence-corrected chi connectivity index (χ3v) is 4.72. The van der Waals surface area contributed by atoms with Crippen LogP contribution in [0.4, 0.5) is 5.69 Å². The van der Waals surface area contributed by atoms with E-state index >= 15 is 0 Å². The molecule has 1 fully saturated rings. The van der Waals surface area contributed by atoms with Crippen LogP contribution in [0.15, 0.2) is 48.0 Å². The highest BCUT2D eigenvalue weighted by atomic mass is 16.7. The number of nitrogens with one attached hydrogen (secondary N) is 1. The Kier molecular flexibility index (Phi) is 4.88. The van der Waals surface area contributed by atoms with Crippen molar-refractivity contribution in [3.05, 3.63) is 53.6 Å². The summed E-state index contributed by atoms with van der Waals surface area (Å²) >= 11 is 0. The molecule has 1 atom stereocenters. The molecule has 0 spiro atoms. The van der Waals surface area contributed by atoms with E-state index in [1.165, 1.54) is 45.4 Å². The average Bonchev–Trinajstić information content (AvgIpc) is 3.28. The molecule has 9 nitrogen and oxygen atoms in total. The maximum atomic E-state index is 13.1. The van der Waals surface area contributed by atoms with Crippen LogP contribution in [0, 0.1) is 0 Å². The highest BCUT2D eigenvalue weighted by molar-refractivity contribution is 6.33. The molecule has 0 aliphatic carbocycles. The summed E-state index contributed by atoms with van der Waals surface area (Å²) in [5.74, 6) is -0.157. The zero-order valence-electron chi connectivity index (χ0n) is 16.4. The van der Waals surface area contributed by atoms with Crippen molar-refractivity contribution in [3.63, 3.8) is 0 Å². The summed E-state index contributed by atoms with van der Waals surface area (Å²) in [4.78, 5) is 43.5. The van der Waals surface area contributed by atoms with Gasteiger partial charge in [-0.05, 0) is 42.5 Å². The number of methoxy groups -OCH3 is 2. The Bertz CT molecular complexity index is 1080. The van der Waals surface area contributed by atoms with Crippen LogP contribution in [0.3, 0.4) is 0 Å². The third-order valence-electron chi connectivity index (χ3n) is 4.72. The summed E-state index contributed by atoms with van der Waals surface area (Å²) < 4.78 is 15.5. The molecule has 2 aliphatic heterocycles. The van der Waals surface area contributed by atoms with E-state index in [4.69, 9.17) is 19.0 Å². The minimum atomic E-state index is -1.06. The summed E-state index contributed by atoms with van der Waals surface area (Å²) in [6, 6.07) is 11.2. The van der Waals surface area contributed by atoms with E-state index in [0.29, 0.717) is 34.2 Å². The normalized spacial score (nSPS) is 17.7. The van der Waals surface area contributed by atoms with Crippen LogP contribution in [0.5, 0.6) is 17.2 Å². The van der Waals surface area contributed by atoms with E-state index in [1.807, 2.05) is 0 Å². The Morgan fingerprint density at radius 1 is 1.03 bits per heavy atom. The molecule has 0 unspecified atom stereocenters. The Balaban J connectivity index is 1.69. The highest BCUT2D eigenvalue weighted by Gasteiger charge is 2.50. The fourth-order valence-corrected chi connectivity index (χ4v) is 3.37. The second-order valence-electron chi connectivity index (χ2n) is 6.52. The molecule has 30 heavy (non-hydrogen) atoms. The number of carbonyl (C=O) groups excluding carboxylic acids is 3. The van der Waals surface area contributed by atoms with Gasteiger partial charge in [0.05, 0.1) is 31.2 Å². The molecule has 2 amide bonds. The predicted molar refractivity (Wildman–Crippen MR) is 105 cm³/mol. The van der Waals surface area contributed by atoms with Crippen LogP contribution in [-0.4, -0.2) is 38.1 Å². The fourth-order valence-electron chi connectivity index (χ4n) is 3.37. The first-order valence-corrected chi connectivity index (χ1v) is 8.99. The molecule has 0 saturated carbocycles. The summed E-state index contributed by atoms with van der Waals surface area (Å²) in [5, 5.41) is 0. The summed E-state index contributed by atoms with van der Waals surface area (Å²) in [6.07, 6.45) is -1.06. The SMILES string of the molecule is COc1ccc(C2=C3C(=O)N(c4ccc(OC(C)=O)cc4)C(=O)[C@@H]3ON2)cc1OC. The summed E-state index contributed by atoms with van der Waals surface area (Å²) in [6.45, 7) is 1.29. The maximum Gasteiger partial charge on any atom is 0.308 e. The predicted octanol–water partition coefficient (Wildman–Crippen LogP) is 1.82. The van der Waals surface area contributed by atoms with Crippen molar-refractivity contribution < 1.29 is 33.4 Å². The second-order valence-corrected chi connectivity index (χ2v) is 6.52. The largest absolute Gasteiger partial charge is 0.493 e. The summed E-state index contributed by atoms with van der Waals surface area (Å²) in [7, 11) is 3.03. The molecule has 2 aromatic rings. The van der Waals surface area contributed by atoms with Gasteiger partial charge in [-0.15, -0.1) is 0 Å². The number of anilines is 1. The molecular formula is C21H18N2O7. The number of amides is 2. The number of benzene rings is 2. The number of nitrogens with zero attached hydrogens (tertiary/aromatic N) is 1. The van der Waals surface area contributed by atoms with Crippen LogP contribution < -0.4 is 24.6 Å². The van der Waals surface area contributed by atoms with Crippen LogP contribution >= 0.6 is 0 Å². The van der Waals surface area contributed by atoms with Crippen molar-refractivity contribution >= 4 is 29.2 Å². The molecule has 9 heteroatoms. The van der Waals surface area contributed by atoms with Crippen LogP contribution in [0.25, 0.3) is 5.70 Å². The van der Waals surface area contributed by atoms with E-state index in [0.717, 1.165) is 4.90 Å². The van der Waals surface area contributed by atoms with Crippen LogP contribution in [0.2, 0.25) is 0 Å². The molecular weight excluding hydrogens is 392 g/mol. The number of ether oxygens (including phenoxy) is 3. The van der Waals surface area contributed by atoms with Gasteiger partial charge in [0.2, 0.25) is 0 Å². The number of carbonyl (C=O) groups is 3. The molecule has 1 saturated heterocycles. The average molecular weight is 410 g/mol. The van der Waals surface area contributed by atoms with Gasteiger partial charge < -0.3 is 14.2 Å². The van der Waals surface area contributed by atoms with Crippen LogP contribution in [-0.2, 0) is 19.2 Å². The van der Waals surface area contributed by atoms with Gasteiger partial charge in [-0.25, -0.2) is 4.90 Å². The number of hydrogen-bond acceptors (Lipinski definition) is 8. The zero-order valence-corrected chi connectivity index (χ0v) is 16.4. The van der Waals surface area contributed by atoms with Crippen molar-refractivity contribution in [2.75, 3.05) is 19.1 Å². The molecule has 2 aliphatic rings. The first kappa shape index (κ1) is 19.5. The Labute approximate surface area is 171 Å². The van der Waals surface area contributed by atoms with E-state index < -0.39 is 23.9 Å². The molecule has 4 rings (SSSR count). The number of hydrogen-bond donors (Lipinski definition) is 1. The molecule has 0 radical (unpaired) electrons. The van der Waals surface area contributed by atoms with Gasteiger partial charge in [0.15, 0.2) is 17.6 Å². The standard InChI is InChI=1S/C21H18N2O7/c1-11(24)29-14-7-5-13(6-8-14)23-20(25)17-18(22-30-19(17)21(23)26)12-4-9-15(27-2)16(10-12)28-3/h4-10,19,22H,1-3H3/t19-/m1/s1. The molecule has 2 heterocycles. The Morgan fingerprint density at radius 3 is 2.37 bits per heavy atom. The second kappa shape index (κ2) is 7.53. The molecule has 2 aromatic carbocycles.